The first-order chi connectivity index (χ1) is 12.2. The Bertz CT molecular complexity index is 876. The van der Waals surface area contributed by atoms with Crippen LogP contribution in [0.4, 0.5) is 0 Å². The molecule has 2 aromatic carbocycles. The lowest BCUT2D eigenvalue weighted by Crippen LogP contribution is -2.44. The van der Waals surface area contributed by atoms with Crippen LogP contribution in [0, 0.1) is 0 Å². The second-order valence-electron chi connectivity index (χ2n) is 6.20. The van der Waals surface area contributed by atoms with Gasteiger partial charge in [0.05, 0.1) is 20.3 Å². The molecule has 0 spiro atoms. The Morgan fingerprint density at radius 2 is 1.88 bits per heavy atom. The lowest BCUT2D eigenvalue weighted by atomic mass is 9.82. The van der Waals surface area contributed by atoms with Gasteiger partial charge in [-0.15, -0.1) is 0 Å². The number of nitrogens with one attached hydrogen (secondary N) is 2. The normalized spacial score (nSPS) is 18.6. The topological polar surface area (TPSA) is 42.5 Å². The second-order valence-corrected chi connectivity index (χ2v) is 6.60. The molecule has 25 heavy (non-hydrogen) atoms. The van der Waals surface area contributed by atoms with Crippen LogP contribution >= 0.6 is 12.2 Å². The van der Waals surface area contributed by atoms with Crippen molar-refractivity contribution in [2.75, 3.05) is 14.2 Å². The molecular weight excluding hydrogens is 332 g/mol. The Morgan fingerprint density at radius 3 is 2.68 bits per heavy atom. The molecule has 128 valence electrons. The molecule has 1 atom stereocenters. The Hall–Kier alpha value is -2.53. The highest BCUT2D eigenvalue weighted by atomic mass is 32.1. The Kier molecular flexibility index (Phi) is 4.09. The summed E-state index contributed by atoms with van der Waals surface area (Å²) in [6.07, 6.45) is 1.99. The monoisotopic (exact) mass is 352 g/mol. The number of hydrogen-bond acceptors (Lipinski definition) is 3. The zero-order chi connectivity index (χ0) is 17.4. The summed E-state index contributed by atoms with van der Waals surface area (Å²) in [4.78, 5) is 0. The molecule has 0 aromatic heterocycles. The fourth-order valence-corrected chi connectivity index (χ4v) is 3.90. The zero-order valence-corrected chi connectivity index (χ0v) is 15.1. The van der Waals surface area contributed by atoms with Gasteiger partial charge in [-0.1, -0.05) is 24.3 Å². The molecule has 0 radical (unpaired) electrons. The van der Waals surface area contributed by atoms with Crippen molar-refractivity contribution in [3.8, 4) is 11.5 Å². The van der Waals surface area contributed by atoms with Crippen LogP contribution in [0.2, 0.25) is 0 Å². The molecule has 1 heterocycles. The molecule has 1 aliphatic carbocycles. The molecule has 4 nitrogen and oxygen atoms in total. The third-order valence-corrected chi connectivity index (χ3v) is 5.10. The molecule has 0 fully saturated rings. The fourth-order valence-electron chi connectivity index (χ4n) is 3.68. The van der Waals surface area contributed by atoms with Gasteiger partial charge in [0.15, 0.2) is 5.11 Å². The Balaban J connectivity index is 1.87. The van der Waals surface area contributed by atoms with E-state index in [0.29, 0.717) is 5.11 Å². The van der Waals surface area contributed by atoms with E-state index in [-0.39, 0.29) is 6.04 Å². The van der Waals surface area contributed by atoms with Gasteiger partial charge in [-0.3, -0.25) is 0 Å². The summed E-state index contributed by atoms with van der Waals surface area (Å²) in [5.74, 6) is 1.63. The van der Waals surface area contributed by atoms with Gasteiger partial charge in [-0.2, -0.15) is 0 Å². The van der Waals surface area contributed by atoms with E-state index in [0.717, 1.165) is 35.6 Å². The Morgan fingerprint density at radius 1 is 1.04 bits per heavy atom. The number of methoxy groups -OCH3 is 2. The van der Waals surface area contributed by atoms with Crippen molar-refractivity contribution in [3.05, 3.63) is 64.7 Å². The van der Waals surface area contributed by atoms with E-state index in [1.54, 1.807) is 14.2 Å². The van der Waals surface area contributed by atoms with Gasteiger partial charge < -0.3 is 20.1 Å². The highest BCUT2D eigenvalue weighted by Crippen LogP contribution is 2.42. The van der Waals surface area contributed by atoms with Crippen molar-refractivity contribution in [2.45, 2.75) is 18.9 Å². The van der Waals surface area contributed by atoms with Crippen LogP contribution in [-0.4, -0.2) is 19.3 Å². The SMILES string of the molecule is COc1ccc(OC)c([C@H]2NC(=S)NC3=C2CCc2ccccc23)c1. The average molecular weight is 352 g/mol. The summed E-state index contributed by atoms with van der Waals surface area (Å²) in [5, 5.41) is 7.41. The number of thiocarbonyl (C=S) groups is 1. The van der Waals surface area contributed by atoms with Crippen molar-refractivity contribution in [1.82, 2.24) is 10.6 Å². The van der Waals surface area contributed by atoms with Crippen molar-refractivity contribution in [2.24, 2.45) is 0 Å². The summed E-state index contributed by atoms with van der Waals surface area (Å²) in [6, 6.07) is 14.4. The lowest BCUT2D eigenvalue weighted by Gasteiger charge is -2.36. The largest absolute Gasteiger partial charge is 0.497 e. The van der Waals surface area contributed by atoms with E-state index in [1.807, 2.05) is 18.2 Å². The quantitative estimate of drug-likeness (QED) is 0.827. The number of aryl methyl sites for hydroxylation is 1. The first-order valence-corrected chi connectivity index (χ1v) is 8.73. The molecule has 2 aliphatic rings. The third kappa shape index (κ3) is 2.74. The highest BCUT2D eigenvalue weighted by Gasteiger charge is 2.32. The molecular formula is C20H20N2O2S. The maximum atomic E-state index is 5.60. The number of ether oxygens (including phenoxy) is 2. The summed E-state index contributed by atoms with van der Waals surface area (Å²) in [5.41, 5.74) is 6.06. The van der Waals surface area contributed by atoms with Crippen molar-refractivity contribution in [3.63, 3.8) is 0 Å². The van der Waals surface area contributed by atoms with Gasteiger partial charge in [-0.25, -0.2) is 0 Å². The number of rotatable bonds is 3. The highest BCUT2D eigenvalue weighted by molar-refractivity contribution is 7.80. The first kappa shape index (κ1) is 16.0. The van der Waals surface area contributed by atoms with Gasteiger partial charge in [0.1, 0.15) is 11.5 Å². The molecule has 1 aliphatic heterocycles. The first-order valence-electron chi connectivity index (χ1n) is 8.32. The molecule has 0 saturated carbocycles. The van der Waals surface area contributed by atoms with E-state index in [4.69, 9.17) is 21.7 Å². The Labute approximate surface area is 152 Å². The van der Waals surface area contributed by atoms with Crippen LogP contribution in [0.1, 0.15) is 29.2 Å². The van der Waals surface area contributed by atoms with Gasteiger partial charge >= 0.3 is 0 Å². The fraction of sp³-hybridized carbons (Fsp3) is 0.250. The minimum absolute atomic E-state index is 0.0258. The smallest absolute Gasteiger partial charge is 0.171 e. The van der Waals surface area contributed by atoms with E-state index < -0.39 is 0 Å². The van der Waals surface area contributed by atoms with Crippen LogP contribution in [0.3, 0.4) is 0 Å². The summed E-state index contributed by atoms with van der Waals surface area (Å²) in [7, 11) is 3.36. The van der Waals surface area contributed by atoms with Gasteiger partial charge in [0, 0.05) is 16.8 Å². The predicted octanol–water partition coefficient (Wildman–Crippen LogP) is 3.58. The second kappa shape index (κ2) is 6.41. The van der Waals surface area contributed by atoms with Crippen LogP contribution in [-0.2, 0) is 6.42 Å². The van der Waals surface area contributed by atoms with Gasteiger partial charge in [-0.05, 0) is 54.4 Å². The lowest BCUT2D eigenvalue weighted by molar-refractivity contribution is 0.395. The van der Waals surface area contributed by atoms with E-state index >= 15 is 0 Å². The minimum Gasteiger partial charge on any atom is -0.497 e. The van der Waals surface area contributed by atoms with E-state index in [1.165, 1.54) is 16.7 Å². The predicted molar refractivity (Wildman–Crippen MR) is 103 cm³/mol. The van der Waals surface area contributed by atoms with Crippen molar-refractivity contribution < 1.29 is 9.47 Å². The minimum atomic E-state index is -0.0258. The van der Waals surface area contributed by atoms with Crippen molar-refractivity contribution in [1.29, 1.82) is 0 Å². The summed E-state index contributed by atoms with van der Waals surface area (Å²) >= 11 is 5.49. The van der Waals surface area contributed by atoms with Crippen molar-refractivity contribution >= 4 is 23.0 Å². The molecule has 0 saturated heterocycles. The maximum Gasteiger partial charge on any atom is 0.171 e. The third-order valence-electron chi connectivity index (χ3n) is 4.88. The van der Waals surface area contributed by atoms with Gasteiger partial charge in [0.25, 0.3) is 0 Å². The molecule has 4 rings (SSSR count). The summed E-state index contributed by atoms with van der Waals surface area (Å²) < 4.78 is 11.0. The molecule has 0 bridgehead atoms. The molecule has 0 amide bonds. The number of benzene rings is 2. The van der Waals surface area contributed by atoms with Crippen LogP contribution in [0.15, 0.2) is 48.0 Å². The zero-order valence-electron chi connectivity index (χ0n) is 14.3. The summed E-state index contributed by atoms with van der Waals surface area (Å²) in [6.45, 7) is 0. The average Bonchev–Trinajstić information content (AvgIpc) is 2.66. The number of fused-ring (bicyclic) bond motifs is 2. The van der Waals surface area contributed by atoms with Crippen LogP contribution < -0.4 is 20.1 Å². The van der Waals surface area contributed by atoms with E-state index in [9.17, 15) is 0 Å². The standard InChI is InChI=1S/C20H20N2O2S/c1-23-13-8-10-17(24-2)16(11-13)19-15-9-7-12-5-3-4-6-14(12)18(15)21-20(25)22-19/h3-6,8,10-11,19H,7,9H2,1-2H3,(H2,21,22,25)/t19-/m0/s1. The molecule has 2 aromatic rings. The van der Waals surface area contributed by atoms with E-state index in [2.05, 4.69) is 34.9 Å². The molecule has 2 N–H and O–H groups in total. The molecule has 0 unspecified atom stereocenters. The number of hydrogen-bond donors (Lipinski definition) is 2. The van der Waals surface area contributed by atoms with Crippen LogP contribution in [0.5, 0.6) is 11.5 Å². The molecule has 5 heteroatoms. The van der Waals surface area contributed by atoms with Crippen LogP contribution in [0.25, 0.3) is 5.70 Å². The van der Waals surface area contributed by atoms with Gasteiger partial charge in [0.2, 0.25) is 0 Å². The maximum absolute atomic E-state index is 5.60.